The fourth-order valence-electron chi connectivity index (χ4n) is 2.54. The lowest BCUT2D eigenvalue weighted by Gasteiger charge is -2.11. The van der Waals surface area contributed by atoms with Crippen LogP contribution in [0.25, 0.3) is 0 Å². The van der Waals surface area contributed by atoms with Crippen molar-refractivity contribution in [1.29, 1.82) is 0 Å². The molecule has 0 bridgehead atoms. The molecule has 27 heavy (non-hydrogen) atoms. The molecule has 0 unspecified atom stereocenters. The van der Waals surface area contributed by atoms with E-state index in [0.29, 0.717) is 16.4 Å². The van der Waals surface area contributed by atoms with E-state index in [4.69, 9.17) is 11.6 Å². The van der Waals surface area contributed by atoms with E-state index in [9.17, 15) is 8.42 Å². The van der Waals surface area contributed by atoms with Crippen LogP contribution in [0.5, 0.6) is 0 Å². The number of hydrogen-bond acceptors (Lipinski definition) is 3. The number of anilines is 1. The fourth-order valence-corrected chi connectivity index (χ4v) is 3.80. The molecule has 3 rings (SSSR count). The number of aryl methyl sites for hydroxylation is 2. The molecule has 0 saturated carbocycles. The minimum absolute atomic E-state index is 0.188. The maximum Gasteiger partial charge on any atom is 0.261 e. The van der Waals surface area contributed by atoms with E-state index in [1.54, 1.807) is 48.7 Å². The maximum atomic E-state index is 12.6. The number of aliphatic imine (C=N–C) groups is 1. The van der Waals surface area contributed by atoms with Crippen LogP contribution in [-0.2, 0) is 10.0 Å². The van der Waals surface area contributed by atoms with Crippen LogP contribution in [0.4, 0.5) is 11.4 Å². The van der Waals surface area contributed by atoms with Gasteiger partial charge in [0, 0.05) is 11.2 Å². The quantitative estimate of drug-likeness (QED) is 0.576. The second-order valence-electron chi connectivity index (χ2n) is 6.23. The lowest BCUT2D eigenvalue weighted by Crippen LogP contribution is -2.13. The van der Waals surface area contributed by atoms with Gasteiger partial charge >= 0.3 is 0 Å². The van der Waals surface area contributed by atoms with E-state index in [1.165, 1.54) is 0 Å². The summed E-state index contributed by atoms with van der Waals surface area (Å²) in [6.07, 6.45) is 1.70. The standard InChI is InChI=1S/C21H19ClN2O2S/c1-15-3-12-21(16(2)13-15)24-27(25,26)20-10-8-19(9-11-20)23-14-17-4-6-18(22)7-5-17/h3-14,24H,1-2H3. The molecule has 0 amide bonds. The van der Waals surface area contributed by atoms with Gasteiger partial charge in [-0.15, -0.1) is 0 Å². The Balaban J connectivity index is 1.76. The molecule has 0 spiro atoms. The molecule has 0 aliphatic heterocycles. The number of rotatable bonds is 5. The predicted molar refractivity (Wildman–Crippen MR) is 112 cm³/mol. The largest absolute Gasteiger partial charge is 0.279 e. The SMILES string of the molecule is Cc1ccc(NS(=O)(=O)c2ccc(N=Cc3ccc(Cl)cc3)cc2)c(C)c1. The summed E-state index contributed by atoms with van der Waals surface area (Å²) < 4.78 is 27.8. The van der Waals surface area contributed by atoms with Crippen molar-refractivity contribution in [3.63, 3.8) is 0 Å². The zero-order valence-corrected chi connectivity index (χ0v) is 16.6. The summed E-state index contributed by atoms with van der Waals surface area (Å²) in [5.74, 6) is 0. The van der Waals surface area contributed by atoms with Crippen molar-refractivity contribution in [3.05, 3.63) is 88.4 Å². The highest BCUT2D eigenvalue weighted by Gasteiger charge is 2.15. The Morgan fingerprint density at radius 2 is 1.59 bits per heavy atom. The monoisotopic (exact) mass is 398 g/mol. The number of nitrogens with one attached hydrogen (secondary N) is 1. The molecule has 4 nitrogen and oxygen atoms in total. The molecule has 3 aromatic rings. The van der Waals surface area contributed by atoms with Gasteiger partial charge in [-0.2, -0.15) is 0 Å². The van der Waals surface area contributed by atoms with Gasteiger partial charge in [0.1, 0.15) is 0 Å². The van der Waals surface area contributed by atoms with E-state index in [1.807, 2.05) is 38.1 Å². The Labute approximate surface area is 164 Å². The lowest BCUT2D eigenvalue weighted by molar-refractivity contribution is 0.601. The zero-order chi connectivity index (χ0) is 19.4. The highest BCUT2D eigenvalue weighted by molar-refractivity contribution is 7.92. The van der Waals surface area contributed by atoms with Crippen molar-refractivity contribution in [3.8, 4) is 0 Å². The fraction of sp³-hybridized carbons (Fsp3) is 0.0952. The van der Waals surface area contributed by atoms with Crippen molar-refractivity contribution in [2.75, 3.05) is 4.72 Å². The molecule has 3 aromatic carbocycles. The van der Waals surface area contributed by atoms with Gasteiger partial charge < -0.3 is 0 Å². The van der Waals surface area contributed by atoms with E-state index >= 15 is 0 Å². The van der Waals surface area contributed by atoms with Gasteiger partial charge in [-0.25, -0.2) is 8.42 Å². The Kier molecular flexibility index (Phi) is 5.63. The Bertz CT molecular complexity index is 1070. The smallest absolute Gasteiger partial charge is 0.261 e. The molecule has 0 fully saturated rings. The maximum absolute atomic E-state index is 12.6. The first-order valence-electron chi connectivity index (χ1n) is 8.33. The van der Waals surface area contributed by atoms with E-state index in [-0.39, 0.29) is 4.90 Å². The topological polar surface area (TPSA) is 58.5 Å². The van der Waals surface area contributed by atoms with Crippen LogP contribution < -0.4 is 4.72 Å². The van der Waals surface area contributed by atoms with Crippen LogP contribution in [0.2, 0.25) is 5.02 Å². The van der Waals surface area contributed by atoms with Gasteiger partial charge in [-0.3, -0.25) is 9.71 Å². The number of nitrogens with zero attached hydrogens (tertiary/aromatic N) is 1. The molecule has 0 aliphatic carbocycles. The third-order valence-corrected chi connectivity index (χ3v) is 5.64. The van der Waals surface area contributed by atoms with Crippen molar-refractivity contribution >= 4 is 39.2 Å². The molecule has 0 aromatic heterocycles. The molecule has 0 atom stereocenters. The van der Waals surface area contributed by atoms with Crippen molar-refractivity contribution in [2.24, 2.45) is 4.99 Å². The molecular formula is C21H19ClN2O2S. The van der Waals surface area contributed by atoms with Crippen LogP contribution in [0, 0.1) is 13.8 Å². The first-order chi connectivity index (χ1) is 12.8. The summed E-state index contributed by atoms with van der Waals surface area (Å²) in [7, 11) is -3.65. The summed E-state index contributed by atoms with van der Waals surface area (Å²) >= 11 is 5.86. The van der Waals surface area contributed by atoms with Gasteiger partial charge in [-0.1, -0.05) is 41.4 Å². The summed E-state index contributed by atoms with van der Waals surface area (Å²) in [6.45, 7) is 3.84. The minimum Gasteiger partial charge on any atom is -0.279 e. The van der Waals surface area contributed by atoms with Crippen LogP contribution in [-0.4, -0.2) is 14.6 Å². The van der Waals surface area contributed by atoms with Gasteiger partial charge in [0.25, 0.3) is 10.0 Å². The number of hydrogen-bond donors (Lipinski definition) is 1. The highest BCUT2D eigenvalue weighted by atomic mass is 35.5. The molecular weight excluding hydrogens is 380 g/mol. The van der Waals surface area contributed by atoms with Crippen LogP contribution in [0.1, 0.15) is 16.7 Å². The van der Waals surface area contributed by atoms with Gasteiger partial charge in [0.05, 0.1) is 16.3 Å². The third kappa shape index (κ3) is 4.96. The van der Waals surface area contributed by atoms with Crippen LogP contribution >= 0.6 is 11.6 Å². The number of halogens is 1. The molecule has 0 heterocycles. The summed E-state index contributed by atoms with van der Waals surface area (Å²) in [6, 6.07) is 19.3. The Hall–Kier alpha value is -2.63. The van der Waals surface area contributed by atoms with Gasteiger partial charge in [0.2, 0.25) is 0 Å². The van der Waals surface area contributed by atoms with E-state index in [0.717, 1.165) is 16.7 Å². The molecule has 138 valence electrons. The van der Waals surface area contributed by atoms with Gasteiger partial charge in [-0.05, 0) is 67.4 Å². The Morgan fingerprint density at radius 3 is 2.22 bits per heavy atom. The average Bonchev–Trinajstić information content (AvgIpc) is 2.64. The van der Waals surface area contributed by atoms with Gasteiger partial charge in [0.15, 0.2) is 0 Å². The minimum atomic E-state index is -3.65. The predicted octanol–water partition coefficient (Wildman–Crippen LogP) is 5.51. The second kappa shape index (κ2) is 7.94. The lowest BCUT2D eigenvalue weighted by atomic mass is 10.1. The van der Waals surface area contributed by atoms with Crippen molar-refractivity contribution in [1.82, 2.24) is 0 Å². The van der Waals surface area contributed by atoms with Crippen LogP contribution in [0.15, 0.2) is 76.6 Å². The first kappa shape index (κ1) is 19.1. The second-order valence-corrected chi connectivity index (χ2v) is 8.35. The van der Waals surface area contributed by atoms with Crippen LogP contribution in [0.3, 0.4) is 0 Å². The number of sulfonamides is 1. The number of benzene rings is 3. The average molecular weight is 399 g/mol. The molecule has 0 aliphatic rings. The molecule has 0 saturated heterocycles. The molecule has 6 heteroatoms. The summed E-state index contributed by atoms with van der Waals surface area (Å²) in [5.41, 5.74) is 4.11. The third-order valence-electron chi connectivity index (χ3n) is 4.01. The highest BCUT2D eigenvalue weighted by Crippen LogP contribution is 2.22. The molecule has 0 radical (unpaired) electrons. The summed E-state index contributed by atoms with van der Waals surface area (Å²) in [5, 5.41) is 0.665. The molecule has 1 N–H and O–H groups in total. The van der Waals surface area contributed by atoms with Crippen molar-refractivity contribution < 1.29 is 8.42 Å². The Morgan fingerprint density at radius 1 is 0.926 bits per heavy atom. The van der Waals surface area contributed by atoms with E-state index in [2.05, 4.69) is 9.71 Å². The van der Waals surface area contributed by atoms with Crippen molar-refractivity contribution in [2.45, 2.75) is 18.7 Å². The zero-order valence-electron chi connectivity index (χ0n) is 15.0. The van der Waals surface area contributed by atoms with E-state index < -0.39 is 10.0 Å². The summed E-state index contributed by atoms with van der Waals surface area (Å²) in [4.78, 5) is 4.54. The first-order valence-corrected chi connectivity index (χ1v) is 10.2. The normalized spacial score (nSPS) is 11.7.